The molecule has 1 amide bonds. The Labute approximate surface area is 170 Å². The molecule has 1 atom stereocenters. The van der Waals surface area contributed by atoms with Crippen molar-refractivity contribution in [2.45, 2.75) is 23.8 Å². The molecule has 2 aromatic carbocycles. The second kappa shape index (κ2) is 7.68. The number of hydrogen-bond donors (Lipinski definition) is 0. The van der Waals surface area contributed by atoms with Gasteiger partial charge in [-0.3, -0.25) is 4.79 Å². The molecular weight excluding hydrogens is 392 g/mol. The molecule has 4 rings (SSSR count). The van der Waals surface area contributed by atoms with E-state index in [-0.39, 0.29) is 16.8 Å². The molecule has 0 aromatic heterocycles. The molecule has 0 N–H and O–H groups in total. The highest BCUT2D eigenvalue weighted by molar-refractivity contribution is 7.89. The molecule has 1 fully saturated rings. The van der Waals surface area contributed by atoms with E-state index in [0.717, 1.165) is 28.5 Å². The SMILES string of the molecule is CN(C)S(=O)(=O)c1ccc(C(=O)N2CCC[C@@H]2c2ccc3c(c2)OCCO3)cc1. The first-order valence-corrected chi connectivity index (χ1v) is 11.0. The molecule has 0 bridgehead atoms. The van der Waals surface area contributed by atoms with Crippen LogP contribution in [0, 0.1) is 0 Å². The van der Waals surface area contributed by atoms with Crippen molar-refractivity contribution in [3.05, 3.63) is 53.6 Å². The smallest absolute Gasteiger partial charge is 0.254 e. The minimum atomic E-state index is -3.52. The van der Waals surface area contributed by atoms with Gasteiger partial charge in [-0.25, -0.2) is 12.7 Å². The van der Waals surface area contributed by atoms with Crippen LogP contribution in [0.1, 0.15) is 34.8 Å². The largest absolute Gasteiger partial charge is 0.486 e. The first-order chi connectivity index (χ1) is 13.9. The minimum absolute atomic E-state index is 0.0384. The number of carbonyl (C=O) groups is 1. The second-order valence-corrected chi connectivity index (χ2v) is 9.52. The summed E-state index contributed by atoms with van der Waals surface area (Å²) in [5.41, 5.74) is 1.50. The van der Waals surface area contributed by atoms with Gasteiger partial charge in [0, 0.05) is 26.2 Å². The highest BCUT2D eigenvalue weighted by Gasteiger charge is 2.31. The maximum absolute atomic E-state index is 13.1. The Morgan fingerprint density at radius 2 is 1.72 bits per heavy atom. The summed E-state index contributed by atoms with van der Waals surface area (Å²) in [4.78, 5) is 15.1. The molecule has 0 spiro atoms. The van der Waals surface area contributed by atoms with Crippen molar-refractivity contribution in [1.82, 2.24) is 9.21 Å². The van der Waals surface area contributed by atoms with Crippen LogP contribution in [0.3, 0.4) is 0 Å². The van der Waals surface area contributed by atoms with Crippen molar-refractivity contribution in [3.8, 4) is 11.5 Å². The van der Waals surface area contributed by atoms with Gasteiger partial charge in [-0.15, -0.1) is 0 Å². The van der Waals surface area contributed by atoms with Crippen molar-refractivity contribution in [2.24, 2.45) is 0 Å². The highest BCUT2D eigenvalue weighted by atomic mass is 32.2. The van der Waals surface area contributed by atoms with Gasteiger partial charge in [0.1, 0.15) is 13.2 Å². The lowest BCUT2D eigenvalue weighted by molar-refractivity contribution is 0.0735. The molecule has 2 heterocycles. The van der Waals surface area contributed by atoms with Crippen LogP contribution in [0.5, 0.6) is 11.5 Å². The van der Waals surface area contributed by atoms with E-state index in [1.807, 2.05) is 23.1 Å². The van der Waals surface area contributed by atoms with E-state index in [1.165, 1.54) is 26.2 Å². The molecule has 154 valence electrons. The number of sulfonamides is 1. The number of likely N-dealkylation sites (tertiary alicyclic amines) is 1. The maximum Gasteiger partial charge on any atom is 0.254 e. The molecule has 0 radical (unpaired) electrons. The Morgan fingerprint density at radius 3 is 2.41 bits per heavy atom. The molecule has 0 saturated carbocycles. The van der Waals surface area contributed by atoms with Crippen molar-refractivity contribution >= 4 is 15.9 Å². The maximum atomic E-state index is 13.1. The van der Waals surface area contributed by atoms with Gasteiger partial charge < -0.3 is 14.4 Å². The lowest BCUT2D eigenvalue weighted by Crippen LogP contribution is -2.30. The van der Waals surface area contributed by atoms with Crippen LogP contribution in [0.15, 0.2) is 47.4 Å². The van der Waals surface area contributed by atoms with Crippen LogP contribution in [0.2, 0.25) is 0 Å². The van der Waals surface area contributed by atoms with Gasteiger partial charge in [-0.05, 0) is 54.8 Å². The third-order valence-electron chi connectivity index (χ3n) is 5.34. The number of carbonyl (C=O) groups excluding carboxylic acids is 1. The Balaban J connectivity index is 1.57. The zero-order chi connectivity index (χ0) is 20.6. The standard InChI is InChI=1S/C21H24N2O5S/c1-22(2)29(25,26)17-8-5-15(6-9-17)21(24)23-11-3-4-18(23)16-7-10-19-20(14-16)28-13-12-27-19/h5-10,14,18H,3-4,11-13H2,1-2H3/t18-/m1/s1. The average Bonchev–Trinajstić information content (AvgIpc) is 3.22. The van der Waals surface area contributed by atoms with Gasteiger partial charge in [-0.1, -0.05) is 6.07 Å². The van der Waals surface area contributed by atoms with E-state index in [4.69, 9.17) is 9.47 Å². The van der Waals surface area contributed by atoms with E-state index in [9.17, 15) is 13.2 Å². The summed E-state index contributed by atoms with van der Waals surface area (Å²) in [6.07, 6.45) is 1.79. The van der Waals surface area contributed by atoms with Gasteiger partial charge in [0.2, 0.25) is 10.0 Å². The van der Waals surface area contributed by atoms with Crippen LogP contribution in [0.25, 0.3) is 0 Å². The predicted octanol–water partition coefficient (Wildman–Crippen LogP) is 2.69. The third-order valence-corrected chi connectivity index (χ3v) is 7.17. The van der Waals surface area contributed by atoms with E-state index >= 15 is 0 Å². The average molecular weight is 416 g/mol. The number of amides is 1. The molecule has 0 unspecified atom stereocenters. The van der Waals surface area contributed by atoms with E-state index in [1.54, 1.807) is 12.1 Å². The van der Waals surface area contributed by atoms with Crippen LogP contribution in [-0.4, -0.2) is 57.4 Å². The van der Waals surface area contributed by atoms with Gasteiger partial charge >= 0.3 is 0 Å². The molecule has 0 aliphatic carbocycles. The summed E-state index contributed by atoms with van der Waals surface area (Å²) in [6.45, 7) is 1.72. The minimum Gasteiger partial charge on any atom is -0.486 e. The van der Waals surface area contributed by atoms with Gasteiger partial charge in [0.15, 0.2) is 11.5 Å². The molecule has 7 nitrogen and oxygen atoms in total. The monoisotopic (exact) mass is 416 g/mol. The van der Waals surface area contributed by atoms with E-state index in [0.29, 0.717) is 31.1 Å². The second-order valence-electron chi connectivity index (χ2n) is 7.37. The first-order valence-electron chi connectivity index (χ1n) is 9.61. The highest BCUT2D eigenvalue weighted by Crippen LogP contribution is 2.38. The topological polar surface area (TPSA) is 76.2 Å². The molecule has 2 aromatic rings. The quantitative estimate of drug-likeness (QED) is 0.766. The summed E-state index contributed by atoms with van der Waals surface area (Å²) in [7, 11) is -0.553. The Morgan fingerprint density at radius 1 is 1.03 bits per heavy atom. The fraction of sp³-hybridized carbons (Fsp3) is 0.381. The van der Waals surface area contributed by atoms with Gasteiger partial charge in [0.25, 0.3) is 5.91 Å². The lowest BCUT2D eigenvalue weighted by atomic mass is 10.0. The third kappa shape index (κ3) is 3.70. The molecule has 1 saturated heterocycles. The van der Waals surface area contributed by atoms with E-state index < -0.39 is 10.0 Å². The number of hydrogen-bond acceptors (Lipinski definition) is 5. The van der Waals surface area contributed by atoms with Crippen LogP contribution < -0.4 is 9.47 Å². The zero-order valence-corrected chi connectivity index (χ0v) is 17.3. The summed E-state index contributed by atoms with van der Waals surface area (Å²) in [6, 6.07) is 11.9. The van der Waals surface area contributed by atoms with Crippen molar-refractivity contribution in [3.63, 3.8) is 0 Å². The number of benzene rings is 2. The number of rotatable bonds is 4. The first kappa shape index (κ1) is 19.7. The molecule has 29 heavy (non-hydrogen) atoms. The number of fused-ring (bicyclic) bond motifs is 1. The summed E-state index contributed by atoms with van der Waals surface area (Å²) in [5, 5.41) is 0. The molecular formula is C21H24N2O5S. The Bertz CT molecular complexity index is 1020. The van der Waals surface area contributed by atoms with Crippen molar-refractivity contribution in [1.29, 1.82) is 0 Å². The number of ether oxygens (including phenoxy) is 2. The summed E-state index contributed by atoms with van der Waals surface area (Å²) in [5.74, 6) is 1.34. The predicted molar refractivity (Wildman–Crippen MR) is 108 cm³/mol. The molecule has 8 heteroatoms. The van der Waals surface area contributed by atoms with Crippen LogP contribution in [0.4, 0.5) is 0 Å². The number of nitrogens with zero attached hydrogens (tertiary/aromatic N) is 2. The van der Waals surface area contributed by atoms with Crippen molar-refractivity contribution in [2.75, 3.05) is 33.9 Å². The van der Waals surface area contributed by atoms with Gasteiger partial charge in [-0.2, -0.15) is 0 Å². The van der Waals surface area contributed by atoms with Crippen molar-refractivity contribution < 1.29 is 22.7 Å². The fourth-order valence-corrected chi connectivity index (χ4v) is 4.67. The summed E-state index contributed by atoms with van der Waals surface area (Å²) < 4.78 is 36.9. The molecule has 2 aliphatic heterocycles. The summed E-state index contributed by atoms with van der Waals surface area (Å²) >= 11 is 0. The zero-order valence-electron chi connectivity index (χ0n) is 16.5. The normalized spacial score (nSPS) is 18.9. The fourth-order valence-electron chi connectivity index (χ4n) is 3.77. The van der Waals surface area contributed by atoms with Gasteiger partial charge in [0.05, 0.1) is 10.9 Å². The van der Waals surface area contributed by atoms with Crippen LogP contribution >= 0.6 is 0 Å². The Kier molecular flexibility index (Phi) is 5.23. The van der Waals surface area contributed by atoms with Crippen LogP contribution in [-0.2, 0) is 10.0 Å². The Hall–Kier alpha value is -2.58. The molecule has 2 aliphatic rings. The van der Waals surface area contributed by atoms with E-state index in [2.05, 4.69) is 0 Å². The lowest BCUT2D eigenvalue weighted by Gasteiger charge is -2.27.